The number of piperazine rings is 1. The molecule has 0 saturated carbocycles. The van der Waals surface area contributed by atoms with E-state index in [0.717, 1.165) is 18.7 Å². The summed E-state index contributed by atoms with van der Waals surface area (Å²) < 4.78 is 10.6. The standard InChI is InChI=1S/C22H27N5O4/c1-30-18-5-4-16(14-19(18)31-2)6-9-27-20(28)15-17(21(27)29)25-10-12-26(13-11-25)22-23-7-3-8-24-22/h3-5,7-8,14,17H,6,9-13,15H2,1-2H3. The van der Waals surface area contributed by atoms with Crippen molar-refractivity contribution in [3.63, 3.8) is 0 Å². The van der Waals surface area contributed by atoms with E-state index in [0.29, 0.717) is 43.5 Å². The number of hydrogen-bond donors (Lipinski definition) is 0. The Morgan fingerprint density at radius 2 is 1.71 bits per heavy atom. The lowest BCUT2D eigenvalue weighted by Gasteiger charge is -2.36. The van der Waals surface area contributed by atoms with Gasteiger partial charge >= 0.3 is 0 Å². The highest BCUT2D eigenvalue weighted by molar-refractivity contribution is 6.05. The van der Waals surface area contributed by atoms with Gasteiger partial charge in [-0.1, -0.05) is 6.07 Å². The molecule has 1 aromatic heterocycles. The Bertz CT molecular complexity index is 931. The molecule has 4 rings (SSSR count). The van der Waals surface area contributed by atoms with Crippen molar-refractivity contribution >= 4 is 17.8 Å². The molecule has 2 saturated heterocycles. The molecule has 0 N–H and O–H groups in total. The van der Waals surface area contributed by atoms with Crippen molar-refractivity contribution in [3.8, 4) is 11.5 Å². The van der Waals surface area contributed by atoms with Crippen LogP contribution < -0.4 is 14.4 Å². The molecule has 0 aliphatic carbocycles. The Morgan fingerprint density at radius 1 is 1.00 bits per heavy atom. The summed E-state index contributed by atoms with van der Waals surface area (Å²) in [6, 6.07) is 7.05. The zero-order valence-electron chi connectivity index (χ0n) is 17.9. The predicted molar refractivity (Wildman–Crippen MR) is 114 cm³/mol. The van der Waals surface area contributed by atoms with E-state index < -0.39 is 0 Å². The zero-order valence-corrected chi connectivity index (χ0v) is 17.9. The van der Waals surface area contributed by atoms with Gasteiger partial charge in [0.05, 0.1) is 26.7 Å². The van der Waals surface area contributed by atoms with Crippen LogP contribution in [0.5, 0.6) is 11.5 Å². The molecule has 0 bridgehead atoms. The molecule has 2 aliphatic rings. The summed E-state index contributed by atoms with van der Waals surface area (Å²) in [5.74, 6) is 1.78. The first kappa shape index (κ1) is 21.0. The van der Waals surface area contributed by atoms with Crippen LogP contribution in [0.4, 0.5) is 5.95 Å². The SMILES string of the molecule is COc1ccc(CCN2C(=O)CC(N3CCN(c4ncccn4)CC3)C2=O)cc1OC. The Balaban J connectivity index is 1.34. The van der Waals surface area contributed by atoms with E-state index in [9.17, 15) is 9.59 Å². The number of ether oxygens (including phenoxy) is 2. The lowest BCUT2D eigenvalue weighted by atomic mass is 10.1. The van der Waals surface area contributed by atoms with Crippen LogP contribution in [0.15, 0.2) is 36.7 Å². The molecular formula is C22H27N5O4. The number of benzene rings is 1. The fourth-order valence-corrected chi connectivity index (χ4v) is 4.15. The molecular weight excluding hydrogens is 398 g/mol. The molecule has 2 amide bonds. The first-order chi connectivity index (χ1) is 15.1. The third-order valence-corrected chi connectivity index (χ3v) is 5.88. The summed E-state index contributed by atoms with van der Waals surface area (Å²) in [5.41, 5.74) is 0.984. The van der Waals surface area contributed by atoms with Gasteiger partial charge in [-0.2, -0.15) is 0 Å². The fraction of sp³-hybridized carbons (Fsp3) is 0.455. The van der Waals surface area contributed by atoms with Crippen molar-refractivity contribution in [1.29, 1.82) is 0 Å². The maximum Gasteiger partial charge on any atom is 0.247 e. The first-order valence-corrected chi connectivity index (χ1v) is 10.4. The predicted octanol–water partition coefficient (Wildman–Crippen LogP) is 0.986. The summed E-state index contributed by atoms with van der Waals surface area (Å²) in [5, 5.41) is 0. The molecule has 2 fully saturated rings. The van der Waals surface area contributed by atoms with Crippen molar-refractivity contribution < 1.29 is 19.1 Å². The van der Waals surface area contributed by atoms with E-state index in [1.165, 1.54) is 4.90 Å². The topological polar surface area (TPSA) is 88.1 Å². The van der Waals surface area contributed by atoms with Crippen LogP contribution in [0.2, 0.25) is 0 Å². The number of likely N-dealkylation sites (tertiary alicyclic amines) is 1. The Kier molecular flexibility index (Phi) is 6.31. The molecule has 2 aliphatic heterocycles. The van der Waals surface area contributed by atoms with Gasteiger partial charge in [-0.05, 0) is 30.2 Å². The van der Waals surface area contributed by atoms with E-state index in [1.54, 1.807) is 32.7 Å². The van der Waals surface area contributed by atoms with Crippen molar-refractivity contribution in [3.05, 3.63) is 42.2 Å². The summed E-state index contributed by atoms with van der Waals surface area (Å²) in [4.78, 5) is 39.8. The van der Waals surface area contributed by atoms with Crippen LogP contribution in [-0.4, -0.2) is 84.6 Å². The van der Waals surface area contributed by atoms with Crippen LogP contribution in [0.1, 0.15) is 12.0 Å². The maximum atomic E-state index is 13.0. The molecule has 0 radical (unpaired) electrons. The minimum absolute atomic E-state index is 0.102. The normalized spacial score (nSPS) is 19.7. The van der Waals surface area contributed by atoms with Gasteiger partial charge in [-0.3, -0.25) is 19.4 Å². The van der Waals surface area contributed by atoms with E-state index in [2.05, 4.69) is 19.8 Å². The second kappa shape index (κ2) is 9.30. The second-order valence-corrected chi connectivity index (χ2v) is 7.61. The quantitative estimate of drug-likeness (QED) is 0.607. The van der Waals surface area contributed by atoms with Gasteiger partial charge in [0, 0.05) is 45.1 Å². The minimum atomic E-state index is -0.378. The highest BCUT2D eigenvalue weighted by Crippen LogP contribution is 2.28. The van der Waals surface area contributed by atoms with Crippen LogP contribution in [0.25, 0.3) is 0 Å². The van der Waals surface area contributed by atoms with E-state index in [1.807, 2.05) is 18.2 Å². The average molecular weight is 425 g/mol. The van der Waals surface area contributed by atoms with Gasteiger partial charge in [0.15, 0.2) is 11.5 Å². The smallest absolute Gasteiger partial charge is 0.247 e. The van der Waals surface area contributed by atoms with Gasteiger partial charge in [-0.25, -0.2) is 9.97 Å². The van der Waals surface area contributed by atoms with Crippen LogP contribution in [0.3, 0.4) is 0 Å². The van der Waals surface area contributed by atoms with Crippen LogP contribution >= 0.6 is 0 Å². The van der Waals surface area contributed by atoms with Gasteiger partial charge in [0.1, 0.15) is 0 Å². The van der Waals surface area contributed by atoms with Crippen molar-refractivity contribution in [2.45, 2.75) is 18.9 Å². The molecule has 3 heterocycles. The molecule has 2 aromatic rings. The zero-order chi connectivity index (χ0) is 21.8. The highest BCUT2D eigenvalue weighted by Gasteiger charge is 2.42. The van der Waals surface area contributed by atoms with E-state index in [-0.39, 0.29) is 24.3 Å². The molecule has 9 heteroatoms. The molecule has 9 nitrogen and oxygen atoms in total. The Morgan fingerprint density at radius 3 is 2.39 bits per heavy atom. The Labute approximate surface area is 181 Å². The molecule has 1 atom stereocenters. The number of amides is 2. The van der Waals surface area contributed by atoms with E-state index >= 15 is 0 Å². The van der Waals surface area contributed by atoms with Crippen molar-refractivity contribution in [1.82, 2.24) is 19.8 Å². The number of imide groups is 1. The maximum absolute atomic E-state index is 13.0. The molecule has 1 aromatic carbocycles. The average Bonchev–Trinajstić information content (AvgIpc) is 3.11. The summed E-state index contributed by atoms with van der Waals surface area (Å²) >= 11 is 0. The number of carbonyl (C=O) groups excluding carboxylic acids is 2. The first-order valence-electron chi connectivity index (χ1n) is 10.4. The van der Waals surface area contributed by atoms with Gasteiger partial charge in [-0.15, -0.1) is 0 Å². The van der Waals surface area contributed by atoms with E-state index in [4.69, 9.17) is 9.47 Å². The second-order valence-electron chi connectivity index (χ2n) is 7.61. The van der Waals surface area contributed by atoms with Gasteiger partial charge in [0.2, 0.25) is 17.8 Å². The van der Waals surface area contributed by atoms with Crippen LogP contribution in [-0.2, 0) is 16.0 Å². The number of rotatable bonds is 7. The van der Waals surface area contributed by atoms with Gasteiger partial charge in [0.25, 0.3) is 0 Å². The lowest BCUT2D eigenvalue weighted by Crippen LogP contribution is -2.53. The monoisotopic (exact) mass is 425 g/mol. The summed E-state index contributed by atoms with van der Waals surface area (Å²) in [7, 11) is 3.18. The molecule has 164 valence electrons. The third-order valence-electron chi connectivity index (χ3n) is 5.88. The largest absolute Gasteiger partial charge is 0.493 e. The molecule has 0 spiro atoms. The molecule has 31 heavy (non-hydrogen) atoms. The lowest BCUT2D eigenvalue weighted by molar-refractivity contribution is -0.139. The molecule has 1 unspecified atom stereocenters. The fourth-order valence-electron chi connectivity index (χ4n) is 4.15. The van der Waals surface area contributed by atoms with Crippen molar-refractivity contribution in [2.24, 2.45) is 0 Å². The number of hydrogen-bond acceptors (Lipinski definition) is 8. The Hall–Kier alpha value is -3.20. The number of methoxy groups -OCH3 is 2. The minimum Gasteiger partial charge on any atom is -0.493 e. The summed E-state index contributed by atoms with van der Waals surface area (Å²) in [6.07, 6.45) is 4.27. The summed E-state index contributed by atoms with van der Waals surface area (Å²) in [6.45, 7) is 3.22. The number of anilines is 1. The third kappa shape index (κ3) is 4.46. The van der Waals surface area contributed by atoms with Gasteiger partial charge < -0.3 is 14.4 Å². The van der Waals surface area contributed by atoms with Crippen LogP contribution in [0, 0.1) is 0 Å². The number of aromatic nitrogens is 2. The van der Waals surface area contributed by atoms with Crippen molar-refractivity contribution in [2.75, 3.05) is 51.8 Å². The highest BCUT2D eigenvalue weighted by atomic mass is 16.5. The number of nitrogens with zero attached hydrogens (tertiary/aromatic N) is 5. The number of carbonyl (C=O) groups is 2.